The van der Waals surface area contributed by atoms with Crippen molar-refractivity contribution < 1.29 is 14.6 Å². The molecule has 0 spiro atoms. The Bertz CT molecular complexity index is 852. The Kier molecular flexibility index (Phi) is 3.55. The number of phenolic OH excluding ortho intramolecular Hbond substituents is 1. The van der Waals surface area contributed by atoms with E-state index in [1.54, 1.807) is 24.3 Å². The molecule has 0 amide bonds. The van der Waals surface area contributed by atoms with Gasteiger partial charge in [0.25, 0.3) is 0 Å². The average Bonchev–Trinajstić information content (AvgIpc) is 2.97. The maximum Gasteiger partial charge on any atom is 0.162 e. The molecule has 1 heterocycles. The summed E-state index contributed by atoms with van der Waals surface area (Å²) in [5.41, 5.74) is 2.98. The number of aromatic hydroxyl groups is 1. The van der Waals surface area contributed by atoms with E-state index < -0.39 is 0 Å². The average molecular weight is 296 g/mol. The molecule has 22 heavy (non-hydrogen) atoms. The van der Waals surface area contributed by atoms with Gasteiger partial charge in [-0.15, -0.1) is 0 Å². The fourth-order valence-corrected chi connectivity index (χ4v) is 2.36. The van der Waals surface area contributed by atoms with E-state index in [0.29, 0.717) is 23.6 Å². The van der Waals surface area contributed by atoms with Gasteiger partial charge < -0.3 is 14.8 Å². The van der Waals surface area contributed by atoms with Gasteiger partial charge in [-0.1, -0.05) is 6.92 Å². The molecule has 0 saturated carbocycles. The van der Waals surface area contributed by atoms with Crippen molar-refractivity contribution in [3.05, 3.63) is 42.0 Å². The fraction of sp³-hybridized carbons (Fsp3) is 0.176. The molecule has 112 valence electrons. The second kappa shape index (κ2) is 5.52. The quantitative estimate of drug-likeness (QED) is 0.722. The van der Waals surface area contributed by atoms with E-state index in [4.69, 9.17) is 4.74 Å². The van der Waals surface area contributed by atoms with Gasteiger partial charge in [-0.2, -0.15) is 0 Å². The van der Waals surface area contributed by atoms with E-state index in [0.717, 1.165) is 16.6 Å². The summed E-state index contributed by atoms with van der Waals surface area (Å²) < 4.78 is 5.03. The van der Waals surface area contributed by atoms with Crippen molar-refractivity contribution in [1.82, 2.24) is 9.97 Å². The maximum atomic E-state index is 11.8. The third kappa shape index (κ3) is 2.41. The number of hydrogen-bond acceptors (Lipinski definition) is 4. The molecule has 3 aromatic rings. The summed E-state index contributed by atoms with van der Waals surface area (Å²) in [6.45, 7) is 1.84. The number of imidazole rings is 1. The molecule has 5 heteroatoms. The number of benzene rings is 2. The Morgan fingerprint density at radius 1 is 1.27 bits per heavy atom. The molecule has 0 aliphatic heterocycles. The van der Waals surface area contributed by atoms with E-state index in [1.165, 1.54) is 7.11 Å². The van der Waals surface area contributed by atoms with Gasteiger partial charge in [-0.05, 0) is 36.4 Å². The largest absolute Gasteiger partial charge is 0.504 e. The summed E-state index contributed by atoms with van der Waals surface area (Å²) in [6.07, 6.45) is 0.467. The lowest BCUT2D eigenvalue weighted by molar-refractivity contribution is 0.0988. The zero-order valence-electron chi connectivity index (χ0n) is 12.4. The van der Waals surface area contributed by atoms with Gasteiger partial charge >= 0.3 is 0 Å². The number of rotatable bonds is 4. The predicted octanol–water partition coefficient (Wildman–Crippen LogP) is 3.54. The van der Waals surface area contributed by atoms with Crippen molar-refractivity contribution in [3.63, 3.8) is 0 Å². The summed E-state index contributed by atoms with van der Waals surface area (Å²) >= 11 is 0. The van der Waals surface area contributed by atoms with Crippen LogP contribution in [0.1, 0.15) is 23.7 Å². The van der Waals surface area contributed by atoms with Gasteiger partial charge in [-0.25, -0.2) is 4.98 Å². The Labute approximate surface area is 127 Å². The minimum Gasteiger partial charge on any atom is -0.504 e. The number of phenols is 1. The maximum absolute atomic E-state index is 11.8. The highest BCUT2D eigenvalue weighted by Crippen LogP contribution is 2.31. The molecular formula is C17H16N2O3. The van der Waals surface area contributed by atoms with Crippen LogP contribution in [0.25, 0.3) is 22.4 Å². The number of hydrogen-bond donors (Lipinski definition) is 2. The molecule has 5 nitrogen and oxygen atoms in total. The van der Waals surface area contributed by atoms with E-state index in [9.17, 15) is 9.90 Å². The molecule has 0 unspecified atom stereocenters. The Hall–Kier alpha value is -2.82. The number of Topliss-reactive ketones (excluding diaryl/α,β-unsaturated/α-hetero) is 1. The van der Waals surface area contributed by atoms with Crippen molar-refractivity contribution in [2.45, 2.75) is 13.3 Å². The van der Waals surface area contributed by atoms with Gasteiger partial charge in [0.15, 0.2) is 17.3 Å². The predicted molar refractivity (Wildman–Crippen MR) is 84.4 cm³/mol. The van der Waals surface area contributed by atoms with Gasteiger partial charge in [0.2, 0.25) is 0 Å². The highest BCUT2D eigenvalue weighted by atomic mass is 16.5. The van der Waals surface area contributed by atoms with E-state index >= 15 is 0 Å². The zero-order chi connectivity index (χ0) is 15.7. The molecule has 0 aliphatic rings. The molecule has 0 bridgehead atoms. The van der Waals surface area contributed by atoms with Crippen LogP contribution in [-0.2, 0) is 0 Å². The number of carbonyl (C=O) groups is 1. The number of nitrogens with zero attached hydrogens (tertiary/aromatic N) is 1. The highest BCUT2D eigenvalue weighted by Gasteiger charge is 2.10. The number of ketones is 1. The second-order valence-corrected chi connectivity index (χ2v) is 4.98. The van der Waals surface area contributed by atoms with Crippen LogP contribution >= 0.6 is 0 Å². The van der Waals surface area contributed by atoms with Crippen molar-refractivity contribution in [2.75, 3.05) is 7.11 Å². The number of carbonyl (C=O) groups excluding carboxylic acids is 1. The summed E-state index contributed by atoms with van der Waals surface area (Å²) in [4.78, 5) is 19.4. The smallest absolute Gasteiger partial charge is 0.162 e. The van der Waals surface area contributed by atoms with Crippen molar-refractivity contribution in [2.24, 2.45) is 0 Å². The molecule has 2 aromatic carbocycles. The van der Waals surface area contributed by atoms with Gasteiger partial charge in [0.05, 0.1) is 18.1 Å². The lowest BCUT2D eigenvalue weighted by atomic mass is 10.1. The summed E-state index contributed by atoms with van der Waals surface area (Å²) in [6, 6.07) is 10.5. The number of H-pyrrole nitrogens is 1. The first-order valence-corrected chi connectivity index (χ1v) is 7.02. The van der Waals surface area contributed by atoms with Crippen LogP contribution in [0.4, 0.5) is 0 Å². The van der Waals surface area contributed by atoms with Crippen LogP contribution in [0.3, 0.4) is 0 Å². The van der Waals surface area contributed by atoms with Gasteiger partial charge in [0.1, 0.15) is 5.82 Å². The molecule has 0 fully saturated rings. The first-order chi connectivity index (χ1) is 10.6. The molecular weight excluding hydrogens is 280 g/mol. The molecule has 1 aromatic heterocycles. The highest BCUT2D eigenvalue weighted by molar-refractivity contribution is 5.99. The third-order valence-electron chi connectivity index (χ3n) is 3.58. The van der Waals surface area contributed by atoms with Crippen molar-refractivity contribution >= 4 is 16.8 Å². The van der Waals surface area contributed by atoms with Crippen LogP contribution in [0.15, 0.2) is 36.4 Å². The van der Waals surface area contributed by atoms with Crippen molar-refractivity contribution in [3.8, 4) is 22.9 Å². The molecule has 0 aliphatic carbocycles. The van der Waals surface area contributed by atoms with Gasteiger partial charge in [-0.3, -0.25) is 4.79 Å². The summed E-state index contributed by atoms with van der Waals surface area (Å²) in [5, 5.41) is 9.87. The molecule has 3 rings (SSSR count). The van der Waals surface area contributed by atoms with Crippen molar-refractivity contribution in [1.29, 1.82) is 0 Å². The van der Waals surface area contributed by atoms with E-state index in [-0.39, 0.29) is 11.5 Å². The lowest BCUT2D eigenvalue weighted by Crippen LogP contribution is -1.95. The molecule has 0 saturated heterocycles. The monoisotopic (exact) mass is 296 g/mol. The SMILES string of the molecule is CCC(=O)c1ccc2[nH]c(-c3ccc(OC)c(O)c3)nc2c1. The molecule has 0 radical (unpaired) electrons. The van der Waals surface area contributed by atoms with Crippen LogP contribution in [-0.4, -0.2) is 28.0 Å². The number of methoxy groups -OCH3 is 1. The second-order valence-electron chi connectivity index (χ2n) is 4.98. The van der Waals surface area contributed by atoms with E-state index in [1.807, 2.05) is 19.1 Å². The first kappa shape index (κ1) is 14.1. The minimum absolute atomic E-state index is 0.0577. The number of fused-ring (bicyclic) bond motifs is 1. The van der Waals surface area contributed by atoms with Gasteiger partial charge in [0, 0.05) is 17.5 Å². The van der Waals surface area contributed by atoms with E-state index in [2.05, 4.69) is 9.97 Å². The first-order valence-electron chi connectivity index (χ1n) is 7.02. The van der Waals surface area contributed by atoms with Crippen LogP contribution in [0, 0.1) is 0 Å². The van der Waals surface area contributed by atoms with Crippen LogP contribution in [0.5, 0.6) is 11.5 Å². The Morgan fingerprint density at radius 2 is 2.09 bits per heavy atom. The number of nitrogens with one attached hydrogen (secondary N) is 1. The normalized spacial score (nSPS) is 10.8. The summed E-state index contributed by atoms with van der Waals surface area (Å²) in [5.74, 6) is 1.19. The minimum atomic E-state index is 0.0577. The van der Waals surface area contributed by atoms with Crippen LogP contribution in [0.2, 0.25) is 0 Å². The number of aromatic amines is 1. The molecule has 0 atom stereocenters. The lowest BCUT2D eigenvalue weighted by Gasteiger charge is -2.04. The standard InChI is InChI=1S/C17H16N2O3/c1-3-14(20)10-4-6-12-13(8-10)19-17(18-12)11-5-7-16(22-2)15(21)9-11/h4-9,21H,3H2,1-2H3,(H,18,19). The third-order valence-corrected chi connectivity index (χ3v) is 3.58. The fourth-order valence-electron chi connectivity index (χ4n) is 2.36. The summed E-state index contributed by atoms with van der Waals surface area (Å²) in [7, 11) is 1.50. The Morgan fingerprint density at radius 3 is 2.77 bits per heavy atom. The number of ether oxygens (including phenoxy) is 1. The zero-order valence-corrected chi connectivity index (χ0v) is 12.4. The van der Waals surface area contributed by atoms with Crippen LogP contribution < -0.4 is 4.74 Å². The Balaban J connectivity index is 2.05. The topological polar surface area (TPSA) is 75.2 Å². The molecule has 2 N–H and O–H groups in total. The number of aromatic nitrogens is 2.